The molecule has 2 rings (SSSR count). The van der Waals surface area contributed by atoms with Crippen molar-refractivity contribution < 1.29 is 9.53 Å². The fraction of sp³-hybridized carbons (Fsp3) is 0.316. The average molecular weight is 349 g/mol. The van der Waals surface area contributed by atoms with Gasteiger partial charge in [0.1, 0.15) is 5.75 Å². The molecule has 0 aliphatic rings. The summed E-state index contributed by atoms with van der Waals surface area (Å²) in [4.78, 5) is 14.5. The number of rotatable bonds is 8. The van der Waals surface area contributed by atoms with E-state index in [-0.39, 0.29) is 18.3 Å². The molecule has 0 aliphatic carbocycles. The standard InChI is InChI=1S/C19H24N2O2.ClH/c1-16(23-18-11-6-3-7-12-18)19(22)21(14-8-13-20)15-17-9-4-2-5-10-17;/h2-7,9-12,16H,8,13-15,20H2,1H3;1H. The van der Waals surface area contributed by atoms with Gasteiger partial charge in [0.05, 0.1) is 0 Å². The molecule has 2 N–H and O–H groups in total. The molecule has 4 nitrogen and oxygen atoms in total. The SMILES string of the molecule is CC(Oc1ccccc1)C(=O)N(CCCN)Cc1ccccc1.Cl. The molecule has 2 aromatic rings. The van der Waals surface area contributed by atoms with E-state index in [0.717, 1.165) is 12.0 Å². The summed E-state index contributed by atoms with van der Waals surface area (Å²) in [6.07, 6.45) is 0.246. The minimum atomic E-state index is -0.529. The first-order valence-corrected chi connectivity index (χ1v) is 7.95. The number of nitrogens with zero attached hydrogens (tertiary/aromatic N) is 1. The Morgan fingerprint density at radius 2 is 1.67 bits per heavy atom. The molecule has 0 bridgehead atoms. The van der Waals surface area contributed by atoms with Crippen LogP contribution in [0.5, 0.6) is 5.75 Å². The maximum Gasteiger partial charge on any atom is 0.263 e. The van der Waals surface area contributed by atoms with E-state index < -0.39 is 6.10 Å². The van der Waals surface area contributed by atoms with Crippen LogP contribution < -0.4 is 10.5 Å². The Labute approximate surface area is 150 Å². The summed E-state index contributed by atoms with van der Waals surface area (Å²) < 4.78 is 5.75. The third-order valence-corrected chi connectivity index (χ3v) is 3.56. The van der Waals surface area contributed by atoms with E-state index in [1.807, 2.05) is 65.6 Å². The molecule has 0 heterocycles. The Bertz CT molecular complexity index is 593. The highest BCUT2D eigenvalue weighted by molar-refractivity contribution is 5.85. The summed E-state index contributed by atoms with van der Waals surface area (Å²) in [5, 5.41) is 0. The summed E-state index contributed by atoms with van der Waals surface area (Å²) in [5.74, 6) is 0.679. The van der Waals surface area contributed by atoms with Gasteiger partial charge in [0, 0.05) is 13.1 Å². The Hall–Kier alpha value is -2.04. The maximum absolute atomic E-state index is 12.7. The van der Waals surface area contributed by atoms with Crippen molar-refractivity contribution >= 4 is 18.3 Å². The van der Waals surface area contributed by atoms with Gasteiger partial charge in [0.25, 0.3) is 5.91 Å². The number of carbonyl (C=O) groups excluding carboxylic acids is 1. The fourth-order valence-corrected chi connectivity index (χ4v) is 2.36. The van der Waals surface area contributed by atoms with Gasteiger partial charge in [-0.15, -0.1) is 12.4 Å². The number of benzene rings is 2. The van der Waals surface area contributed by atoms with Crippen LogP contribution in [0.3, 0.4) is 0 Å². The third kappa shape index (κ3) is 6.22. The van der Waals surface area contributed by atoms with Crippen LogP contribution in [0, 0.1) is 0 Å². The first-order chi connectivity index (χ1) is 11.2. The lowest BCUT2D eigenvalue weighted by atomic mass is 10.2. The van der Waals surface area contributed by atoms with Crippen LogP contribution in [-0.2, 0) is 11.3 Å². The van der Waals surface area contributed by atoms with Crippen LogP contribution in [-0.4, -0.2) is 30.0 Å². The molecule has 1 amide bonds. The van der Waals surface area contributed by atoms with E-state index in [1.165, 1.54) is 0 Å². The van der Waals surface area contributed by atoms with Gasteiger partial charge in [0.15, 0.2) is 6.10 Å². The molecular weight excluding hydrogens is 324 g/mol. The van der Waals surface area contributed by atoms with E-state index in [1.54, 1.807) is 6.92 Å². The van der Waals surface area contributed by atoms with Gasteiger partial charge in [0.2, 0.25) is 0 Å². The Morgan fingerprint density at radius 3 is 2.25 bits per heavy atom. The lowest BCUT2D eigenvalue weighted by Crippen LogP contribution is -2.41. The molecule has 0 aromatic heterocycles. The van der Waals surface area contributed by atoms with Crippen molar-refractivity contribution in [1.82, 2.24) is 4.90 Å². The van der Waals surface area contributed by atoms with Crippen LogP contribution in [0.25, 0.3) is 0 Å². The van der Waals surface area contributed by atoms with Crippen LogP contribution in [0.15, 0.2) is 60.7 Å². The topological polar surface area (TPSA) is 55.6 Å². The first-order valence-electron chi connectivity index (χ1n) is 7.95. The number of carbonyl (C=O) groups is 1. The van der Waals surface area contributed by atoms with Crippen molar-refractivity contribution in [3.8, 4) is 5.75 Å². The van der Waals surface area contributed by atoms with Crippen molar-refractivity contribution in [3.05, 3.63) is 66.2 Å². The summed E-state index contributed by atoms with van der Waals surface area (Å²) >= 11 is 0. The maximum atomic E-state index is 12.7. The van der Waals surface area contributed by atoms with Crippen LogP contribution >= 0.6 is 12.4 Å². The number of hydrogen-bond donors (Lipinski definition) is 1. The summed E-state index contributed by atoms with van der Waals surface area (Å²) in [7, 11) is 0. The van der Waals surface area contributed by atoms with E-state index in [9.17, 15) is 4.79 Å². The highest BCUT2D eigenvalue weighted by atomic mass is 35.5. The molecule has 0 radical (unpaired) electrons. The smallest absolute Gasteiger partial charge is 0.263 e. The van der Waals surface area contributed by atoms with Gasteiger partial charge in [-0.2, -0.15) is 0 Å². The predicted molar refractivity (Wildman–Crippen MR) is 99.3 cm³/mol. The molecule has 0 saturated heterocycles. The molecule has 5 heteroatoms. The van der Waals surface area contributed by atoms with Crippen LogP contribution in [0.2, 0.25) is 0 Å². The number of nitrogens with two attached hydrogens (primary N) is 1. The molecule has 0 aliphatic heterocycles. The minimum Gasteiger partial charge on any atom is -0.481 e. The zero-order valence-electron chi connectivity index (χ0n) is 13.9. The summed E-state index contributed by atoms with van der Waals surface area (Å²) in [6, 6.07) is 19.4. The van der Waals surface area contributed by atoms with Crippen LogP contribution in [0.1, 0.15) is 18.9 Å². The second-order valence-electron chi connectivity index (χ2n) is 5.46. The number of para-hydroxylation sites is 1. The van der Waals surface area contributed by atoms with E-state index in [2.05, 4.69) is 0 Å². The Morgan fingerprint density at radius 1 is 1.08 bits per heavy atom. The van der Waals surface area contributed by atoms with E-state index in [4.69, 9.17) is 10.5 Å². The van der Waals surface area contributed by atoms with Gasteiger partial charge < -0.3 is 15.4 Å². The second kappa shape index (κ2) is 10.7. The molecule has 1 unspecified atom stereocenters. The lowest BCUT2D eigenvalue weighted by Gasteiger charge is -2.26. The minimum absolute atomic E-state index is 0. The normalized spacial score (nSPS) is 11.2. The molecule has 0 fully saturated rings. The summed E-state index contributed by atoms with van der Waals surface area (Å²) in [6.45, 7) is 3.55. The number of halogens is 1. The highest BCUT2D eigenvalue weighted by Crippen LogP contribution is 2.14. The average Bonchev–Trinajstić information content (AvgIpc) is 2.59. The molecule has 0 spiro atoms. The van der Waals surface area contributed by atoms with Crippen molar-refractivity contribution in [2.75, 3.05) is 13.1 Å². The Kier molecular flexibility index (Phi) is 8.90. The number of amides is 1. The van der Waals surface area contributed by atoms with Crippen molar-refractivity contribution in [3.63, 3.8) is 0 Å². The van der Waals surface area contributed by atoms with Gasteiger partial charge >= 0.3 is 0 Å². The van der Waals surface area contributed by atoms with E-state index >= 15 is 0 Å². The monoisotopic (exact) mass is 348 g/mol. The third-order valence-electron chi connectivity index (χ3n) is 3.56. The molecule has 0 saturated carbocycles. The van der Waals surface area contributed by atoms with Crippen molar-refractivity contribution in [1.29, 1.82) is 0 Å². The van der Waals surface area contributed by atoms with Crippen LogP contribution in [0.4, 0.5) is 0 Å². The number of ether oxygens (including phenoxy) is 1. The highest BCUT2D eigenvalue weighted by Gasteiger charge is 2.22. The molecule has 24 heavy (non-hydrogen) atoms. The molecule has 2 aromatic carbocycles. The van der Waals surface area contributed by atoms with Crippen molar-refractivity contribution in [2.24, 2.45) is 5.73 Å². The first kappa shape index (κ1) is 20.0. The van der Waals surface area contributed by atoms with Crippen molar-refractivity contribution in [2.45, 2.75) is 26.0 Å². The second-order valence-corrected chi connectivity index (χ2v) is 5.46. The van der Waals surface area contributed by atoms with Gasteiger partial charge in [-0.1, -0.05) is 48.5 Å². The quantitative estimate of drug-likeness (QED) is 0.796. The number of hydrogen-bond acceptors (Lipinski definition) is 3. The molecule has 1 atom stereocenters. The lowest BCUT2D eigenvalue weighted by molar-refractivity contribution is -0.138. The zero-order chi connectivity index (χ0) is 16.5. The largest absolute Gasteiger partial charge is 0.481 e. The van der Waals surface area contributed by atoms with Gasteiger partial charge in [-0.25, -0.2) is 0 Å². The van der Waals surface area contributed by atoms with E-state index in [0.29, 0.717) is 25.4 Å². The fourth-order valence-electron chi connectivity index (χ4n) is 2.36. The predicted octanol–water partition coefficient (Wildman–Crippen LogP) is 3.25. The van der Waals surface area contributed by atoms with Gasteiger partial charge in [-0.3, -0.25) is 4.79 Å². The molecule has 130 valence electrons. The molecular formula is C19H25ClN2O2. The van der Waals surface area contributed by atoms with Gasteiger partial charge in [-0.05, 0) is 37.6 Å². The Balaban J connectivity index is 0.00000288. The zero-order valence-corrected chi connectivity index (χ0v) is 14.7. The summed E-state index contributed by atoms with van der Waals surface area (Å²) in [5.41, 5.74) is 6.70.